The molecule has 0 bridgehead atoms. The van der Waals surface area contributed by atoms with Crippen LogP contribution in [0.5, 0.6) is 0 Å². The van der Waals surface area contributed by atoms with Gasteiger partial charge in [-0.05, 0) is 29.7 Å². The molecule has 1 aliphatic heterocycles. The van der Waals surface area contributed by atoms with Crippen LogP contribution in [0.25, 0.3) is 11.1 Å². The summed E-state index contributed by atoms with van der Waals surface area (Å²) in [6, 6.07) is 17.6. The molecule has 23 heavy (non-hydrogen) atoms. The number of hydrogen-bond acceptors (Lipinski definition) is 2. The first kappa shape index (κ1) is 15.3. The van der Waals surface area contributed by atoms with Crippen molar-refractivity contribution >= 4 is 11.8 Å². The van der Waals surface area contributed by atoms with E-state index in [2.05, 4.69) is 5.32 Å². The van der Waals surface area contributed by atoms with Crippen molar-refractivity contribution in [2.45, 2.75) is 19.4 Å². The number of hydrogen-bond donors (Lipinski definition) is 1. The van der Waals surface area contributed by atoms with E-state index in [1.165, 1.54) is 0 Å². The number of rotatable bonds is 3. The van der Waals surface area contributed by atoms with E-state index in [1.54, 1.807) is 11.8 Å². The predicted octanol–water partition coefficient (Wildman–Crippen LogP) is 2.70. The molecule has 118 valence electrons. The first-order valence-electron chi connectivity index (χ1n) is 7.85. The van der Waals surface area contributed by atoms with Gasteiger partial charge < -0.3 is 10.2 Å². The summed E-state index contributed by atoms with van der Waals surface area (Å²) >= 11 is 0. The summed E-state index contributed by atoms with van der Waals surface area (Å²) in [5.74, 6) is -0.0222. The summed E-state index contributed by atoms with van der Waals surface area (Å²) in [7, 11) is 0. The third kappa shape index (κ3) is 3.59. The fraction of sp³-hybridized carbons (Fsp3) is 0.263. The van der Waals surface area contributed by atoms with Crippen molar-refractivity contribution < 1.29 is 9.59 Å². The molecule has 0 saturated carbocycles. The van der Waals surface area contributed by atoms with Gasteiger partial charge in [0.25, 0.3) is 5.91 Å². The van der Waals surface area contributed by atoms with Crippen LogP contribution in [0.2, 0.25) is 0 Å². The fourth-order valence-electron chi connectivity index (χ4n) is 2.90. The minimum Gasteiger partial charge on any atom is -0.347 e. The molecule has 1 saturated heterocycles. The maximum Gasteiger partial charge on any atom is 0.251 e. The molecule has 0 radical (unpaired) electrons. The number of nitrogens with zero attached hydrogens (tertiary/aromatic N) is 1. The number of likely N-dealkylation sites (tertiary alicyclic amines) is 1. The first-order chi connectivity index (χ1) is 11.1. The summed E-state index contributed by atoms with van der Waals surface area (Å²) in [4.78, 5) is 25.6. The maximum absolute atomic E-state index is 12.4. The molecule has 1 aliphatic rings. The summed E-state index contributed by atoms with van der Waals surface area (Å²) in [5, 5.41) is 3.03. The quantitative estimate of drug-likeness (QED) is 0.948. The number of carbonyl (C=O) groups is 2. The number of nitrogens with one attached hydrogen (secondary N) is 1. The minimum atomic E-state index is -0.0850. The van der Waals surface area contributed by atoms with Gasteiger partial charge in [-0.2, -0.15) is 0 Å². The molecule has 1 fully saturated rings. The molecule has 2 aromatic carbocycles. The highest BCUT2D eigenvalue weighted by molar-refractivity contribution is 5.95. The van der Waals surface area contributed by atoms with Crippen LogP contribution < -0.4 is 5.32 Å². The van der Waals surface area contributed by atoms with Gasteiger partial charge in [0.05, 0.1) is 0 Å². The largest absolute Gasteiger partial charge is 0.347 e. The van der Waals surface area contributed by atoms with E-state index in [1.807, 2.05) is 54.6 Å². The Bertz CT molecular complexity index is 712. The monoisotopic (exact) mass is 308 g/mol. The van der Waals surface area contributed by atoms with E-state index >= 15 is 0 Å². The van der Waals surface area contributed by atoms with E-state index in [0.29, 0.717) is 18.7 Å². The van der Waals surface area contributed by atoms with Crippen molar-refractivity contribution in [3.05, 3.63) is 60.2 Å². The Kier molecular flexibility index (Phi) is 4.42. The summed E-state index contributed by atoms with van der Waals surface area (Å²) in [5.41, 5.74) is 2.76. The highest BCUT2D eigenvalue weighted by atomic mass is 16.2. The Morgan fingerprint density at radius 3 is 2.48 bits per heavy atom. The number of carbonyl (C=O) groups excluding carboxylic acids is 2. The second-order valence-corrected chi connectivity index (χ2v) is 5.87. The molecule has 0 spiro atoms. The lowest BCUT2D eigenvalue weighted by atomic mass is 10.0. The van der Waals surface area contributed by atoms with Crippen LogP contribution in [-0.4, -0.2) is 35.8 Å². The minimum absolute atomic E-state index is 0.0341. The van der Waals surface area contributed by atoms with E-state index in [0.717, 1.165) is 17.5 Å². The molecule has 2 amide bonds. The summed E-state index contributed by atoms with van der Waals surface area (Å²) in [6.07, 6.45) is 0.809. The van der Waals surface area contributed by atoms with Crippen molar-refractivity contribution in [3.8, 4) is 11.1 Å². The van der Waals surface area contributed by atoms with E-state index < -0.39 is 0 Å². The standard InChI is InChI=1S/C19H20N2O2/c1-14(22)21-11-10-18(13-21)20-19(23)17-9-5-8-16(12-17)15-6-3-2-4-7-15/h2-9,12,18H,10-11,13H2,1H3,(H,20,23). The zero-order valence-corrected chi connectivity index (χ0v) is 13.2. The van der Waals surface area contributed by atoms with Gasteiger partial charge in [-0.15, -0.1) is 0 Å². The van der Waals surface area contributed by atoms with Crippen LogP contribution in [0, 0.1) is 0 Å². The molecule has 0 aliphatic carbocycles. The van der Waals surface area contributed by atoms with Crippen LogP contribution in [0.3, 0.4) is 0 Å². The SMILES string of the molecule is CC(=O)N1CCC(NC(=O)c2cccc(-c3ccccc3)c2)C1. The Labute approximate surface area is 136 Å². The van der Waals surface area contributed by atoms with E-state index in [4.69, 9.17) is 0 Å². The molecule has 1 unspecified atom stereocenters. The third-order valence-corrected chi connectivity index (χ3v) is 4.20. The van der Waals surface area contributed by atoms with Gasteiger partial charge in [0, 0.05) is 31.6 Å². The smallest absolute Gasteiger partial charge is 0.251 e. The lowest BCUT2D eigenvalue weighted by Crippen LogP contribution is -2.37. The van der Waals surface area contributed by atoms with Crippen molar-refractivity contribution in [2.75, 3.05) is 13.1 Å². The van der Waals surface area contributed by atoms with Gasteiger partial charge in [-0.25, -0.2) is 0 Å². The van der Waals surface area contributed by atoms with Crippen molar-refractivity contribution in [1.29, 1.82) is 0 Å². The highest BCUT2D eigenvalue weighted by Crippen LogP contribution is 2.20. The molecule has 3 rings (SSSR count). The molecular formula is C19H20N2O2. The summed E-state index contributed by atoms with van der Waals surface area (Å²) < 4.78 is 0. The third-order valence-electron chi connectivity index (χ3n) is 4.20. The van der Waals surface area contributed by atoms with Gasteiger partial charge in [-0.1, -0.05) is 42.5 Å². The van der Waals surface area contributed by atoms with Crippen LogP contribution in [0.1, 0.15) is 23.7 Å². The molecule has 1 heterocycles. The number of benzene rings is 2. The second kappa shape index (κ2) is 6.65. The predicted molar refractivity (Wildman–Crippen MR) is 90.0 cm³/mol. The molecule has 1 N–H and O–H groups in total. The normalized spacial score (nSPS) is 17.1. The average Bonchev–Trinajstić information content (AvgIpc) is 3.04. The van der Waals surface area contributed by atoms with Crippen molar-refractivity contribution in [3.63, 3.8) is 0 Å². The molecule has 0 aromatic heterocycles. The first-order valence-corrected chi connectivity index (χ1v) is 7.85. The van der Waals surface area contributed by atoms with Crippen LogP contribution >= 0.6 is 0 Å². The molecule has 4 nitrogen and oxygen atoms in total. The van der Waals surface area contributed by atoms with E-state index in [-0.39, 0.29) is 17.9 Å². The Balaban J connectivity index is 1.70. The maximum atomic E-state index is 12.4. The fourth-order valence-corrected chi connectivity index (χ4v) is 2.90. The van der Waals surface area contributed by atoms with E-state index in [9.17, 15) is 9.59 Å². The van der Waals surface area contributed by atoms with Crippen LogP contribution in [0.4, 0.5) is 0 Å². The van der Waals surface area contributed by atoms with Gasteiger partial charge >= 0.3 is 0 Å². The van der Waals surface area contributed by atoms with Gasteiger partial charge in [-0.3, -0.25) is 9.59 Å². The second-order valence-electron chi connectivity index (χ2n) is 5.87. The lowest BCUT2D eigenvalue weighted by molar-refractivity contribution is -0.127. The zero-order valence-electron chi connectivity index (χ0n) is 13.2. The molecule has 2 aromatic rings. The molecule has 4 heteroatoms. The number of amides is 2. The Morgan fingerprint density at radius 1 is 1.04 bits per heavy atom. The molecule has 1 atom stereocenters. The van der Waals surface area contributed by atoms with Gasteiger partial charge in [0.1, 0.15) is 0 Å². The topological polar surface area (TPSA) is 49.4 Å². The van der Waals surface area contributed by atoms with Gasteiger partial charge in [0.2, 0.25) is 5.91 Å². The van der Waals surface area contributed by atoms with Crippen molar-refractivity contribution in [1.82, 2.24) is 10.2 Å². The lowest BCUT2D eigenvalue weighted by Gasteiger charge is -2.15. The average molecular weight is 308 g/mol. The van der Waals surface area contributed by atoms with Crippen LogP contribution in [-0.2, 0) is 4.79 Å². The molecular weight excluding hydrogens is 288 g/mol. The van der Waals surface area contributed by atoms with Crippen molar-refractivity contribution in [2.24, 2.45) is 0 Å². The Morgan fingerprint density at radius 2 is 1.78 bits per heavy atom. The summed E-state index contributed by atoms with van der Waals surface area (Å²) in [6.45, 7) is 2.87. The van der Waals surface area contributed by atoms with Gasteiger partial charge in [0.15, 0.2) is 0 Å². The Hall–Kier alpha value is -2.62. The zero-order chi connectivity index (χ0) is 16.2. The van der Waals surface area contributed by atoms with Crippen LogP contribution in [0.15, 0.2) is 54.6 Å². The highest BCUT2D eigenvalue weighted by Gasteiger charge is 2.25.